The maximum atomic E-state index is 9.43. The summed E-state index contributed by atoms with van der Waals surface area (Å²) in [5.74, 6) is 0. The average Bonchev–Trinajstić information content (AvgIpc) is 2.53. The third-order valence-corrected chi connectivity index (χ3v) is 3.61. The van der Waals surface area contributed by atoms with Gasteiger partial charge in [-0.2, -0.15) is 5.26 Å². The molecule has 0 spiro atoms. The molecule has 0 atom stereocenters. The van der Waals surface area contributed by atoms with Crippen molar-refractivity contribution in [3.63, 3.8) is 0 Å². The smallest absolute Gasteiger partial charge is 0.149 e. The van der Waals surface area contributed by atoms with E-state index in [2.05, 4.69) is 17.1 Å². The molecule has 2 aromatic carbocycles. The van der Waals surface area contributed by atoms with Gasteiger partial charge in [0.05, 0.1) is 5.52 Å². The largest absolute Gasteiger partial charge is 0.326 e. The van der Waals surface area contributed by atoms with Crippen molar-refractivity contribution < 1.29 is 0 Å². The Labute approximate surface area is 123 Å². The van der Waals surface area contributed by atoms with Crippen molar-refractivity contribution >= 4 is 10.9 Å². The predicted octanol–water partition coefficient (Wildman–Crippen LogP) is 3.54. The lowest BCUT2D eigenvalue weighted by molar-refractivity contribution is 1.07. The van der Waals surface area contributed by atoms with Crippen LogP contribution in [0.3, 0.4) is 0 Å². The topological polar surface area (TPSA) is 62.7 Å². The number of hydrogen-bond donors (Lipinski definition) is 1. The first kappa shape index (κ1) is 13.3. The highest BCUT2D eigenvalue weighted by molar-refractivity contribution is 5.86. The van der Waals surface area contributed by atoms with Gasteiger partial charge in [-0.25, -0.2) is 4.98 Å². The fraction of sp³-hybridized carbons (Fsp3) is 0.111. The van der Waals surface area contributed by atoms with Crippen molar-refractivity contribution in [2.24, 2.45) is 5.73 Å². The first-order valence-corrected chi connectivity index (χ1v) is 6.83. The number of aromatic nitrogens is 1. The van der Waals surface area contributed by atoms with Crippen LogP contribution in [-0.2, 0) is 6.54 Å². The van der Waals surface area contributed by atoms with Crippen LogP contribution >= 0.6 is 0 Å². The highest BCUT2D eigenvalue weighted by Gasteiger charge is 2.12. The van der Waals surface area contributed by atoms with Gasteiger partial charge in [-0.05, 0) is 30.2 Å². The standard InChI is InChI=1S/C18H15N3/c1-12-6-7-14(10-19)15(8-12)16-9-13-4-2-3-5-17(13)21-18(16)11-20/h2-9H,10,19H2,1H3. The first-order chi connectivity index (χ1) is 10.2. The number of pyridine rings is 1. The van der Waals surface area contributed by atoms with Crippen LogP contribution in [0.15, 0.2) is 48.5 Å². The van der Waals surface area contributed by atoms with Crippen molar-refractivity contribution in [3.05, 3.63) is 65.4 Å². The monoisotopic (exact) mass is 273 g/mol. The Morgan fingerprint density at radius 1 is 1.10 bits per heavy atom. The Morgan fingerprint density at radius 2 is 1.90 bits per heavy atom. The Bertz CT molecular complexity index is 860. The molecule has 102 valence electrons. The minimum atomic E-state index is 0.438. The molecule has 0 aliphatic heterocycles. The van der Waals surface area contributed by atoms with Gasteiger partial charge in [0.2, 0.25) is 0 Å². The lowest BCUT2D eigenvalue weighted by atomic mass is 9.95. The number of aryl methyl sites for hydroxylation is 1. The third kappa shape index (κ3) is 2.37. The van der Waals surface area contributed by atoms with Crippen molar-refractivity contribution in [2.75, 3.05) is 0 Å². The van der Waals surface area contributed by atoms with Gasteiger partial charge in [-0.1, -0.05) is 42.0 Å². The maximum absolute atomic E-state index is 9.43. The molecule has 1 aromatic heterocycles. The van der Waals surface area contributed by atoms with Gasteiger partial charge in [-0.15, -0.1) is 0 Å². The summed E-state index contributed by atoms with van der Waals surface area (Å²) in [6, 6.07) is 18.2. The van der Waals surface area contributed by atoms with Gasteiger partial charge in [0, 0.05) is 17.5 Å². The maximum Gasteiger partial charge on any atom is 0.149 e. The Morgan fingerprint density at radius 3 is 2.67 bits per heavy atom. The predicted molar refractivity (Wildman–Crippen MR) is 84.5 cm³/mol. The highest BCUT2D eigenvalue weighted by atomic mass is 14.7. The van der Waals surface area contributed by atoms with E-state index in [1.807, 2.05) is 49.4 Å². The Kier molecular flexibility index (Phi) is 3.39. The molecule has 0 amide bonds. The quantitative estimate of drug-likeness (QED) is 0.776. The van der Waals surface area contributed by atoms with E-state index in [1.165, 1.54) is 0 Å². The SMILES string of the molecule is Cc1ccc(CN)c(-c2cc3ccccc3nc2C#N)c1. The number of para-hydroxylation sites is 1. The zero-order valence-corrected chi connectivity index (χ0v) is 11.8. The van der Waals surface area contributed by atoms with Crippen LogP contribution < -0.4 is 5.73 Å². The molecule has 0 fully saturated rings. The van der Waals surface area contributed by atoms with Crippen molar-refractivity contribution in [1.29, 1.82) is 5.26 Å². The number of nitriles is 1. The van der Waals surface area contributed by atoms with Crippen LogP contribution in [0.4, 0.5) is 0 Å². The molecule has 0 saturated carbocycles. The molecule has 0 aliphatic carbocycles. The molecule has 0 saturated heterocycles. The molecule has 21 heavy (non-hydrogen) atoms. The van der Waals surface area contributed by atoms with E-state index >= 15 is 0 Å². The minimum absolute atomic E-state index is 0.438. The van der Waals surface area contributed by atoms with Gasteiger partial charge in [0.15, 0.2) is 0 Å². The molecule has 0 bridgehead atoms. The van der Waals surface area contributed by atoms with Crippen LogP contribution in [0.25, 0.3) is 22.0 Å². The number of hydrogen-bond acceptors (Lipinski definition) is 3. The van der Waals surface area contributed by atoms with E-state index < -0.39 is 0 Å². The van der Waals surface area contributed by atoms with Gasteiger partial charge in [-0.3, -0.25) is 0 Å². The van der Waals surface area contributed by atoms with Crippen molar-refractivity contribution in [1.82, 2.24) is 4.98 Å². The molecule has 1 heterocycles. The van der Waals surface area contributed by atoms with Crippen LogP contribution in [0.2, 0.25) is 0 Å². The summed E-state index contributed by atoms with van der Waals surface area (Å²) in [6.45, 7) is 2.47. The molecule has 0 aliphatic rings. The molecule has 3 heteroatoms. The fourth-order valence-corrected chi connectivity index (χ4v) is 2.53. The molecule has 3 nitrogen and oxygen atoms in total. The number of rotatable bonds is 2. The third-order valence-electron chi connectivity index (χ3n) is 3.61. The van der Waals surface area contributed by atoms with Gasteiger partial charge >= 0.3 is 0 Å². The van der Waals surface area contributed by atoms with Crippen molar-refractivity contribution in [2.45, 2.75) is 13.5 Å². The molecule has 3 rings (SSSR count). The zero-order chi connectivity index (χ0) is 14.8. The zero-order valence-electron chi connectivity index (χ0n) is 11.8. The molecular formula is C18H15N3. The molecular weight excluding hydrogens is 258 g/mol. The molecule has 0 radical (unpaired) electrons. The van der Waals surface area contributed by atoms with Crippen LogP contribution in [0.5, 0.6) is 0 Å². The Hall–Kier alpha value is -2.70. The minimum Gasteiger partial charge on any atom is -0.326 e. The average molecular weight is 273 g/mol. The number of benzene rings is 2. The lowest BCUT2D eigenvalue weighted by Crippen LogP contribution is -2.01. The van der Waals surface area contributed by atoms with Gasteiger partial charge in [0.1, 0.15) is 11.8 Å². The normalized spacial score (nSPS) is 10.5. The second kappa shape index (κ2) is 5.35. The second-order valence-corrected chi connectivity index (χ2v) is 5.05. The van der Waals surface area contributed by atoms with E-state index in [0.29, 0.717) is 12.2 Å². The highest BCUT2D eigenvalue weighted by Crippen LogP contribution is 2.29. The second-order valence-electron chi connectivity index (χ2n) is 5.05. The molecule has 2 N–H and O–H groups in total. The van der Waals surface area contributed by atoms with Crippen LogP contribution in [-0.4, -0.2) is 4.98 Å². The van der Waals surface area contributed by atoms with Gasteiger partial charge < -0.3 is 5.73 Å². The summed E-state index contributed by atoms with van der Waals surface area (Å²) in [6.07, 6.45) is 0. The van der Waals surface area contributed by atoms with Crippen LogP contribution in [0.1, 0.15) is 16.8 Å². The van der Waals surface area contributed by atoms with E-state index in [1.54, 1.807) is 0 Å². The van der Waals surface area contributed by atoms with E-state index in [0.717, 1.165) is 33.2 Å². The summed E-state index contributed by atoms with van der Waals surface area (Å²) in [7, 11) is 0. The first-order valence-electron chi connectivity index (χ1n) is 6.83. The van der Waals surface area contributed by atoms with Crippen molar-refractivity contribution in [3.8, 4) is 17.2 Å². The van der Waals surface area contributed by atoms with Gasteiger partial charge in [0.25, 0.3) is 0 Å². The summed E-state index contributed by atoms with van der Waals surface area (Å²) < 4.78 is 0. The van der Waals surface area contributed by atoms with E-state index in [4.69, 9.17) is 5.73 Å². The van der Waals surface area contributed by atoms with E-state index in [-0.39, 0.29) is 0 Å². The summed E-state index contributed by atoms with van der Waals surface area (Å²) in [5, 5.41) is 10.5. The fourth-order valence-electron chi connectivity index (χ4n) is 2.53. The summed E-state index contributed by atoms with van der Waals surface area (Å²) in [4.78, 5) is 4.47. The number of fused-ring (bicyclic) bond motifs is 1. The molecule has 0 unspecified atom stereocenters. The summed E-state index contributed by atoms with van der Waals surface area (Å²) in [5.41, 5.74) is 11.1. The van der Waals surface area contributed by atoms with Crippen LogP contribution in [0, 0.1) is 18.3 Å². The lowest BCUT2D eigenvalue weighted by Gasteiger charge is -2.11. The van der Waals surface area contributed by atoms with E-state index in [9.17, 15) is 5.26 Å². The number of nitrogens with two attached hydrogens (primary N) is 1. The molecule has 3 aromatic rings. The number of nitrogens with zero attached hydrogens (tertiary/aromatic N) is 2. The Balaban J connectivity index is 2.34. The summed E-state index contributed by atoms with van der Waals surface area (Å²) >= 11 is 0.